The molecule has 0 aliphatic carbocycles. The van der Waals surface area contributed by atoms with Crippen molar-refractivity contribution >= 4 is 21.6 Å². The number of rotatable bonds is 6. The molecule has 1 saturated heterocycles. The van der Waals surface area contributed by atoms with E-state index in [2.05, 4.69) is 4.90 Å². The SMILES string of the molecule is O=S(=O)(c1ccc(CCCl)cc1)N1CCN(Cc2ccc3c(c2)OCO3)CC1. The minimum absolute atomic E-state index is 0.266. The smallest absolute Gasteiger partial charge is 0.243 e. The molecule has 0 bridgehead atoms. The molecule has 0 spiro atoms. The van der Waals surface area contributed by atoms with Crippen molar-refractivity contribution in [2.24, 2.45) is 0 Å². The summed E-state index contributed by atoms with van der Waals surface area (Å²) >= 11 is 5.74. The molecule has 4 rings (SSSR count). The lowest BCUT2D eigenvalue weighted by Gasteiger charge is -2.34. The van der Waals surface area contributed by atoms with Gasteiger partial charge in [0.25, 0.3) is 0 Å². The van der Waals surface area contributed by atoms with Crippen LogP contribution in [-0.4, -0.2) is 56.5 Å². The lowest BCUT2D eigenvalue weighted by Crippen LogP contribution is -2.48. The summed E-state index contributed by atoms with van der Waals surface area (Å²) in [7, 11) is -3.46. The number of fused-ring (bicyclic) bond motifs is 1. The van der Waals surface area contributed by atoms with Gasteiger partial charge in [-0.05, 0) is 41.8 Å². The Morgan fingerprint density at radius 1 is 0.893 bits per heavy atom. The molecule has 0 saturated carbocycles. The Morgan fingerprint density at radius 3 is 2.29 bits per heavy atom. The van der Waals surface area contributed by atoms with E-state index in [-0.39, 0.29) is 6.79 Å². The zero-order valence-corrected chi connectivity index (χ0v) is 17.1. The number of halogens is 1. The number of aryl methyl sites for hydroxylation is 1. The molecule has 0 radical (unpaired) electrons. The monoisotopic (exact) mass is 422 g/mol. The second kappa shape index (κ2) is 8.29. The summed E-state index contributed by atoms with van der Waals surface area (Å²) in [4.78, 5) is 2.60. The van der Waals surface area contributed by atoms with Crippen molar-refractivity contribution in [1.82, 2.24) is 9.21 Å². The summed E-state index contributed by atoms with van der Waals surface area (Å²) in [6, 6.07) is 13.0. The second-order valence-electron chi connectivity index (χ2n) is 6.95. The minimum Gasteiger partial charge on any atom is -0.454 e. The fraction of sp³-hybridized carbons (Fsp3) is 0.400. The van der Waals surface area contributed by atoms with E-state index in [4.69, 9.17) is 21.1 Å². The van der Waals surface area contributed by atoms with E-state index < -0.39 is 10.0 Å². The molecule has 8 heteroatoms. The minimum atomic E-state index is -3.46. The van der Waals surface area contributed by atoms with Gasteiger partial charge in [0, 0.05) is 38.6 Å². The molecular formula is C20H23ClN2O4S. The molecule has 2 aromatic rings. The maximum atomic E-state index is 12.9. The van der Waals surface area contributed by atoms with Crippen LogP contribution in [0.2, 0.25) is 0 Å². The molecule has 2 aromatic carbocycles. The summed E-state index contributed by atoms with van der Waals surface area (Å²) in [5.41, 5.74) is 2.18. The Labute approximate surface area is 170 Å². The van der Waals surface area contributed by atoms with E-state index in [0.29, 0.717) is 37.0 Å². The Balaban J connectivity index is 1.36. The van der Waals surface area contributed by atoms with E-state index in [9.17, 15) is 8.42 Å². The van der Waals surface area contributed by atoms with Crippen LogP contribution >= 0.6 is 11.6 Å². The maximum absolute atomic E-state index is 12.9. The van der Waals surface area contributed by atoms with Gasteiger partial charge in [-0.15, -0.1) is 11.6 Å². The number of sulfonamides is 1. The summed E-state index contributed by atoms with van der Waals surface area (Å²) < 4.78 is 38.1. The molecule has 2 aliphatic rings. The van der Waals surface area contributed by atoms with Crippen LogP contribution in [-0.2, 0) is 23.0 Å². The van der Waals surface area contributed by atoms with Gasteiger partial charge in [0.05, 0.1) is 4.90 Å². The standard InChI is InChI=1S/C20H23ClN2O4S/c21-8-7-16-1-4-18(5-2-16)28(24,25)23-11-9-22(10-12-23)14-17-3-6-19-20(13-17)27-15-26-19/h1-6,13H,7-12,14-15H2. The molecule has 0 N–H and O–H groups in total. The van der Waals surface area contributed by atoms with Crippen molar-refractivity contribution in [2.75, 3.05) is 38.9 Å². The van der Waals surface area contributed by atoms with Gasteiger partial charge in [-0.3, -0.25) is 4.90 Å². The summed E-state index contributed by atoms with van der Waals surface area (Å²) in [6.45, 7) is 3.38. The number of ether oxygens (including phenoxy) is 2. The van der Waals surface area contributed by atoms with Gasteiger partial charge in [0.15, 0.2) is 11.5 Å². The highest BCUT2D eigenvalue weighted by atomic mass is 35.5. The highest BCUT2D eigenvalue weighted by Gasteiger charge is 2.28. The normalized spacial score (nSPS) is 17.8. The van der Waals surface area contributed by atoms with E-state index in [0.717, 1.165) is 35.6 Å². The van der Waals surface area contributed by atoms with Crippen LogP contribution in [0.25, 0.3) is 0 Å². The van der Waals surface area contributed by atoms with E-state index in [1.54, 1.807) is 16.4 Å². The van der Waals surface area contributed by atoms with E-state index in [1.165, 1.54) is 0 Å². The first-order valence-corrected chi connectivity index (χ1v) is 11.3. The first kappa shape index (κ1) is 19.5. The fourth-order valence-corrected chi connectivity index (χ4v) is 5.15. The van der Waals surface area contributed by atoms with Gasteiger partial charge >= 0.3 is 0 Å². The van der Waals surface area contributed by atoms with Crippen LogP contribution in [0.1, 0.15) is 11.1 Å². The Kier molecular flexibility index (Phi) is 5.78. The van der Waals surface area contributed by atoms with Gasteiger partial charge < -0.3 is 9.47 Å². The average molecular weight is 423 g/mol. The molecule has 150 valence electrons. The average Bonchev–Trinajstić information content (AvgIpc) is 3.17. The lowest BCUT2D eigenvalue weighted by molar-refractivity contribution is 0.173. The Bertz CT molecular complexity index is 926. The van der Waals surface area contributed by atoms with Gasteiger partial charge in [-0.25, -0.2) is 8.42 Å². The molecule has 6 nitrogen and oxygen atoms in total. The molecule has 2 heterocycles. The molecule has 0 unspecified atom stereocenters. The predicted molar refractivity (Wildman–Crippen MR) is 107 cm³/mol. The van der Waals surface area contributed by atoms with Crippen molar-refractivity contribution in [3.8, 4) is 11.5 Å². The number of benzene rings is 2. The number of hydrogen-bond donors (Lipinski definition) is 0. The maximum Gasteiger partial charge on any atom is 0.243 e. The van der Waals surface area contributed by atoms with Crippen LogP contribution in [0.5, 0.6) is 11.5 Å². The molecule has 1 fully saturated rings. The molecule has 0 amide bonds. The zero-order chi connectivity index (χ0) is 19.6. The number of hydrogen-bond acceptors (Lipinski definition) is 5. The third-order valence-electron chi connectivity index (χ3n) is 5.12. The van der Waals surface area contributed by atoms with Crippen LogP contribution in [0, 0.1) is 0 Å². The van der Waals surface area contributed by atoms with Crippen molar-refractivity contribution in [3.63, 3.8) is 0 Å². The fourth-order valence-electron chi connectivity index (χ4n) is 3.51. The van der Waals surface area contributed by atoms with E-state index in [1.807, 2.05) is 30.3 Å². The van der Waals surface area contributed by atoms with E-state index >= 15 is 0 Å². The zero-order valence-electron chi connectivity index (χ0n) is 15.5. The van der Waals surface area contributed by atoms with Crippen molar-refractivity contribution in [3.05, 3.63) is 53.6 Å². The third kappa shape index (κ3) is 4.12. The molecular weight excluding hydrogens is 400 g/mol. The molecule has 2 aliphatic heterocycles. The quantitative estimate of drug-likeness (QED) is 0.670. The van der Waals surface area contributed by atoms with Crippen molar-refractivity contribution in [2.45, 2.75) is 17.9 Å². The lowest BCUT2D eigenvalue weighted by atomic mass is 10.2. The number of alkyl halides is 1. The largest absolute Gasteiger partial charge is 0.454 e. The number of nitrogens with zero attached hydrogens (tertiary/aromatic N) is 2. The molecule has 28 heavy (non-hydrogen) atoms. The van der Waals surface area contributed by atoms with Gasteiger partial charge in [-0.2, -0.15) is 4.31 Å². The molecule has 0 aromatic heterocycles. The highest BCUT2D eigenvalue weighted by molar-refractivity contribution is 7.89. The first-order chi connectivity index (χ1) is 13.6. The van der Waals surface area contributed by atoms with Crippen LogP contribution in [0.4, 0.5) is 0 Å². The van der Waals surface area contributed by atoms with Crippen LogP contribution in [0.15, 0.2) is 47.4 Å². The second-order valence-corrected chi connectivity index (χ2v) is 9.27. The molecule has 0 atom stereocenters. The van der Waals surface area contributed by atoms with Gasteiger partial charge in [-0.1, -0.05) is 18.2 Å². The van der Waals surface area contributed by atoms with Crippen LogP contribution < -0.4 is 9.47 Å². The summed E-state index contributed by atoms with van der Waals surface area (Å²) in [5, 5.41) is 0. The van der Waals surface area contributed by atoms with Gasteiger partial charge in [0.2, 0.25) is 16.8 Å². The van der Waals surface area contributed by atoms with Gasteiger partial charge in [0.1, 0.15) is 0 Å². The van der Waals surface area contributed by atoms with Crippen molar-refractivity contribution < 1.29 is 17.9 Å². The predicted octanol–water partition coefficient (Wildman–Crippen LogP) is 2.70. The Morgan fingerprint density at radius 2 is 1.57 bits per heavy atom. The highest BCUT2D eigenvalue weighted by Crippen LogP contribution is 2.33. The third-order valence-corrected chi connectivity index (χ3v) is 7.22. The topological polar surface area (TPSA) is 59.1 Å². The first-order valence-electron chi connectivity index (χ1n) is 9.32. The summed E-state index contributed by atoms with van der Waals surface area (Å²) in [6.07, 6.45) is 0.737. The Hall–Kier alpha value is -1.80. The summed E-state index contributed by atoms with van der Waals surface area (Å²) in [5.74, 6) is 2.07. The number of piperazine rings is 1. The van der Waals surface area contributed by atoms with Crippen LogP contribution in [0.3, 0.4) is 0 Å². The van der Waals surface area contributed by atoms with Crippen molar-refractivity contribution in [1.29, 1.82) is 0 Å².